The molecule has 1 aliphatic carbocycles. The molecule has 1 rings (SSSR count). The highest BCUT2D eigenvalue weighted by Gasteiger charge is 2.39. The van der Waals surface area contributed by atoms with Crippen molar-refractivity contribution < 1.29 is 14.3 Å². The first kappa shape index (κ1) is 7.51. The van der Waals surface area contributed by atoms with Crippen LogP contribution in [0.5, 0.6) is 0 Å². The van der Waals surface area contributed by atoms with Crippen LogP contribution in [0.1, 0.15) is 32.1 Å². The van der Waals surface area contributed by atoms with Gasteiger partial charge in [-0.2, -0.15) is 0 Å². The average Bonchev–Trinajstić information content (AvgIpc) is 1.89. The van der Waals surface area contributed by atoms with E-state index in [4.69, 9.17) is 5.11 Å². The first-order valence-corrected chi connectivity index (χ1v) is 3.57. The van der Waals surface area contributed by atoms with Crippen LogP contribution in [0.15, 0.2) is 0 Å². The lowest BCUT2D eigenvalue weighted by molar-refractivity contribution is -0.153. The van der Waals surface area contributed by atoms with E-state index in [0.717, 1.165) is 6.42 Å². The number of carboxylic acid groups (broad SMARTS) is 1. The maximum absolute atomic E-state index is 13.1. The molecule has 2 nitrogen and oxygen atoms in total. The lowest BCUT2D eigenvalue weighted by atomic mass is 9.87. The largest absolute Gasteiger partial charge is 0.479 e. The van der Waals surface area contributed by atoms with E-state index in [1.54, 1.807) is 0 Å². The third kappa shape index (κ3) is 1.28. The van der Waals surface area contributed by atoms with Gasteiger partial charge < -0.3 is 5.11 Å². The minimum atomic E-state index is -1.90. The van der Waals surface area contributed by atoms with E-state index in [-0.39, 0.29) is 12.8 Å². The Hall–Kier alpha value is -0.600. The Morgan fingerprint density at radius 3 is 2.10 bits per heavy atom. The highest BCUT2D eigenvalue weighted by Crippen LogP contribution is 2.31. The zero-order valence-corrected chi connectivity index (χ0v) is 5.77. The molecule has 58 valence electrons. The van der Waals surface area contributed by atoms with Crippen molar-refractivity contribution in [3.05, 3.63) is 0 Å². The summed E-state index contributed by atoms with van der Waals surface area (Å²) in [7, 11) is 0. The Morgan fingerprint density at radius 1 is 1.30 bits per heavy atom. The van der Waals surface area contributed by atoms with Gasteiger partial charge in [0.2, 0.25) is 5.67 Å². The van der Waals surface area contributed by atoms with Gasteiger partial charge in [-0.05, 0) is 25.7 Å². The number of carbonyl (C=O) groups is 1. The standard InChI is InChI=1S/C7H11FO2/c8-7(6(9)10)4-2-1-3-5-7/h1-5H2,(H,9,10). The smallest absolute Gasteiger partial charge is 0.341 e. The van der Waals surface area contributed by atoms with Gasteiger partial charge in [0.05, 0.1) is 0 Å². The number of carboxylic acids is 1. The maximum atomic E-state index is 13.1. The van der Waals surface area contributed by atoms with Crippen molar-refractivity contribution in [3.8, 4) is 0 Å². The van der Waals surface area contributed by atoms with E-state index in [1.807, 2.05) is 0 Å². The molecule has 0 aromatic rings. The fourth-order valence-corrected chi connectivity index (χ4v) is 1.33. The normalized spacial score (nSPS) is 24.1. The second-order valence-corrected chi connectivity index (χ2v) is 2.83. The molecule has 10 heavy (non-hydrogen) atoms. The van der Waals surface area contributed by atoms with Crippen LogP contribution in [0.25, 0.3) is 0 Å². The van der Waals surface area contributed by atoms with E-state index in [9.17, 15) is 9.18 Å². The molecule has 0 radical (unpaired) electrons. The molecule has 3 heteroatoms. The summed E-state index contributed by atoms with van der Waals surface area (Å²) in [4.78, 5) is 10.3. The summed E-state index contributed by atoms with van der Waals surface area (Å²) in [5, 5.41) is 8.42. The molecule has 0 aromatic heterocycles. The van der Waals surface area contributed by atoms with Crippen LogP contribution in [0.4, 0.5) is 4.39 Å². The molecule has 0 spiro atoms. The third-order valence-corrected chi connectivity index (χ3v) is 2.03. The molecular weight excluding hydrogens is 135 g/mol. The van der Waals surface area contributed by atoms with E-state index in [0.29, 0.717) is 12.8 Å². The van der Waals surface area contributed by atoms with Crippen LogP contribution in [-0.2, 0) is 4.79 Å². The average molecular weight is 146 g/mol. The molecule has 0 aliphatic heterocycles. The summed E-state index contributed by atoms with van der Waals surface area (Å²) in [5.41, 5.74) is -1.90. The predicted octanol–water partition coefficient (Wildman–Crippen LogP) is 1.74. The van der Waals surface area contributed by atoms with Crippen LogP contribution in [0, 0.1) is 0 Å². The summed E-state index contributed by atoms with van der Waals surface area (Å²) < 4.78 is 13.1. The van der Waals surface area contributed by atoms with Crippen molar-refractivity contribution in [3.63, 3.8) is 0 Å². The molecule has 0 bridgehead atoms. The highest BCUT2D eigenvalue weighted by molar-refractivity contribution is 5.77. The zero-order chi connectivity index (χ0) is 7.61. The monoisotopic (exact) mass is 146 g/mol. The summed E-state index contributed by atoms with van der Waals surface area (Å²) in [6, 6.07) is 0. The van der Waals surface area contributed by atoms with Crippen molar-refractivity contribution >= 4 is 5.97 Å². The van der Waals surface area contributed by atoms with Crippen molar-refractivity contribution in [1.82, 2.24) is 0 Å². The Labute approximate surface area is 59.0 Å². The van der Waals surface area contributed by atoms with E-state index in [2.05, 4.69) is 0 Å². The predicted molar refractivity (Wildman–Crippen MR) is 34.6 cm³/mol. The van der Waals surface area contributed by atoms with Gasteiger partial charge in [0.15, 0.2) is 0 Å². The van der Waals surface area contributed by atoms with Gasteiger partial charge in [-0.25, -0.2) is 9.18 Å². The molecule has 1 saturated carbocycles. The number of rotatable bonds is 1. The SMILES string of the molecule is O=C(O)C1(F)CCCCC1. The molecule has 0 saturated heterocycles. The van der Waals surface area contributed by atoms with Crippen LogP contribution in [0.3, 0.4) is 0 Å². The topological polar surface area (TPSA) is 37.3 Å². The first-order chi connectivity index (χ1) is 4.65. The minimum Gasteiger partial charge on any atom is -0.479 e. The van der Waals surface area contributed by atoms with Gasteiger partial charge >= 0.3 is 5.97 Å². The quantitative estimate of drug-likeness (QED) is 0.611. The van der Waals surface area contributed by atoms with E-state index in [1.165, 1.54) is 0 Å². The molecule has 1 fully saturated rings. The lowest BCUT2D eigenvalue weighted by Gasteiger charge is -2.24. The van der Waals surface area contributed by atoms with Crippen LogP contribution < -0.4 is 0 Å². The molecule has 1 N–H and O–H groups in total. The summed E-state index contributed by atoms with van der Waals surface area (Å²) in [6.07, 6.45) is 2.79. The fourth-order valence-electron chi connectivity index (χ4n) is 1.33. The second kappa shape index (κ2) is 2.56. The van der Waals surface area contributed by atoms with Crippen molar-refractivity contribution in [2.75, 3.05) is 0 Å². The van der Waals surface area contributed by atoms with Gasteiger partial charge in [0, 0.05) is 0 Å². The van der Waals surface area contributed by atoms with E-state index < -0.39 is 11.6 Å². The number of hydrogen-bond acceptors (Lipinski definition) is 1. The van der Waals surface area contributed by atoms with Crippen LogP contribution in [-0.4, -0.2) is 16.7 Å². The molecule has 0 heterocycles. The van der Waals surface area contributed by atoms with Crippen molar-refractivity contribution in [1.29, 1.82) is 0 Å². The fraction of sp³-hybridized carbons (Fsp3) is 0.857. The Balaban J connectivity index is 2.56. The van der Waals surface area contributed by atoms with Crippen LogP contribution in [0.2, 0.25) is 0 Å². The van der Waals surface area contributed by atoms with Gasteiger partial charge in [0.25, 0.3) is 0 Å². The van der Waals surface area contributed by atoms with Gasteiger partial charge in [-0.15, -0.1) is 0 Å². The van der Waals surface area contributed by atoms with Crippen molar-refractivity contribution in [2.45, 2.75) is 37.8 Å². The molecule has 0 atom stereocenters. The number of halogens is 1. The van der Waals surface area contributed by atoms with Gasteiger partial charge in [0.1, 0.15) is 0 Å². The Morgan fingerprint density at radius 2 is 1.80 bits per heavy atom. The number of hydrogen-bond donors (Lipinski definition) is 1. The highest BCUT2D eigenvalue weighted by atomic mass is 19.1. The minimum absolute atomic E-state index is 0.197. The summed E-state index contributed by atoms with van der Waals surface area (Å²) in [6.45, 7) is 0. The maximum Gasteiger partial charge on any atom is 0.341 e. The number of alkyl halides is 1. The Bertz CT molecular complexity index is 139. The van der Waals surface area contributed by atoms with Crippen molar-refractivity contribution in [2.24, 2.45) is 0 Å². The molecule has 0 aromatic carbocycles. The zero-order valence-electron chi connectivity index (χ0n) is 5.77. The second-order valence-electron chi connectivity index (χ2n) is 2.83. The summed E-state index contributed by atoms with van der Waals surface area (Å²) in [5.74, 6) is -1.28. The van der Waals surface area contributed by atoms with Crippen LogP contribution >= 0.6 is 0 Å². The lowest BCUT2D eigenvalue weighted by Crippen LogP contribution is -2.35. The number of aliphatic carboxylic acids is 1. The van der Waals surface area contributed by atoms with Gasteiger partial charge in [-0.3, -0.25) is 0 Å². The first-order valence-electron chi connectivity index (χ1n) is 3.57. The molecule has 0 amide bonds. The van der Waals surface area contributed by atoms with Gasteiger partial charge in [-0.1, -0.05) is 6.42 Å². The molecular formula is C7H11FO2. The van der Waals surface area contributed by atoms with E-state index >= 15 is 0 Å². The third-order valence-electron chi connectivity index (χ3n) is 2.03. The molecule has 1 aliphatic rings. The summed E-state index contributed by atoms with van der Waals surface area (Å²) >= 11 is 0. The Kier molecular flexibility index (Phi) is 1.92. The molecule has 0 unspecified atom stereocenters.